The summed E-state index contributed by atoms with van der Waals surface area (Å²) < 4.78 is 2.14. The lowest BCUT2D eigenvalue weighted by Crippen LogP contribution is -1.97. The first kappa shape index (κ1) is 18.3. The van der Waals surface area contributed by atoms with E-state index < -0.39 is 0 Å². The highest BCUT2D eigenvalue weighted by Gasteiger charge is 2.16. The summed E-state index contributed by atoms with van der Waals surface area (Å²) in [7, 11) is 0. The quantitative estimate of drug-likeness (QED) is 0.375. The van der Waals surface area contributed by atoms with Gasteiger partial charge in [0.25, 0.3) is 0 Å². The van der Waals surface area contributed by atoms with E-state index in [0.717, 1.165) is 39.5 Å². The molecule has 30 heavy (non-hydrogen) atoms. The first-order valence-electron chi connectivity index (χ1n) is 10.1. The standard InChI is InChI=1S/C26H22N4/c1-17-9-7-10-18(2)25(17)26-21(13-8-14-27-26)22-15-23-24(16-28-22)30(19(3)29-23)20-11-5-4-6-12-20/h4-16H,1-3H3. The fourth-order valence-corrected chi connectivity index (χ4v) is 4.15. The zero-order valence-corrected chi connectivity index (χ0v) is 17.3. The van der Waals surface area contributed by atoms with Gasteiger partial charge in [0.05, 0.1) is 28.6 Å². The second-order valence-electron chi connectivity index (χ2n) is 7.55. The minimum absolute atomic E-state index is 0.881. The number of nitrogens with zero attached hydrogens (tertiary/aromatic N) is 4. The molecule has 0 fully saturated rings. The van der Waals surface area contributed by atoms with E-state index >= 15 is 0 Å². The zero-order chi connectivity index (χ0) is 20.7. The Hall–Kier alpha value is -3.79. The van der Waals surface area contributed by atoms with Gasteiger partial charge in [-0.1, -0.05) is 36.4 Å². The molecule has 0 spiro atoms. The normalized spacial score (nSPS) is 11.2. The van der Waals surface area contributed by atoms with Crippen LogP contribution in [0.1, 0.15) is 17.0 Å². The van der Waals surface area contributed by atoms with Gasteiger partial charge in [-0.25, -0.2) is 4.98 Å². The first-order valence-corrected chi connectivity index (χ1v) is 10.1. The van der Waals surface area contributed by atoms with Crippen LogP contribution in [0.3, 0.4) is 0 Å². The summed E-state index contributed by atoms with van der Waals surface area (Å²) in [6.45, 7) is 6.28. The van der Waals surface area contributed by atoms with E-state index in [1.807, 2.05) is 43.6 Å². The van der Waals surface area contributed by atoms with Crippen molar-refractivity contribution in [1.82, 2.24) is 19.5 Å². The number of fused-ring (bicyclic) bond motifs is 1. The summed E-state index contributed by atoms with van der Waals surface area (Å²) in [6, 6.07) is 22.7. The van der Waals surface area contributed by atoms with Gasteiger partial charge in [0.15, 0.2) is 0 Å². The molecule has 146 valence electrons. The predicted octanol–water partition coefficient (Wildman–Crippen LogP) is 6.07. The smallest absolute Gasteiger partial charge is 0.111 e. The van der Waals surface area contributed by atoms with Gasteiger partial charge >= 0.3 is 0 Å². The number of hydrogen-bond acceptors (Lipinski definition) is 3. The van der Waals surface area contributed by atoms with Crippen LogP contribution in [0.4, 0.5) is 0 Å². The van der Waals surface area contributed by atoms with Crippen LogP contribution in [-0.2, 0) is 0 Å². The summed E-state index contributed by atoms with van der Waals surface area (Å²) in [5, 5.41) is 0. The number of benzene rings is 2. The Morgan fingerprint density at radius 1 is 0.767 bits per heavy atom. The van der Waals surface area contributed by atoms with Gasteiger partial charge < -0.3 is 0 Å². The van der Waals surface area contributed by atoms with Crippen LogP contribution in [0.5, 0.6) is 0 Å². The summed E-state index contributed by atoms with van der Waals surface area (Å²) in [5.41, 5.74) is 9.46. The van der Waals surface area contributed by atoms with Gasteiger partial charge in [0.1, 0.15) is 5.82 Å². The Labute approximate surface area is 175 Å². The molecule has 2 aromatic carbocycles. The highest BCUT2D eigenvalue weighted by Crippen LogP contribution is 2.34. The van der Waals surface area contributed by atoms with E-state index in [2.05, 4.69) is 60.9 Å². The molecule has 0 unspecified atom stereocenters. The van der Waals surface area contributed by atoms with Crippen molar-refractivity contribution in [1.29, 1.82) is 0 Å². The van der Waals surface area contributed by atoms with E-state index in [9.17, 15) is 0 Å². The fraction of sp³-hybridized carbons (Fsp3) is 0.115. The average Bonchev–Trinajstić information content (AvgIpc) is 3.09. The lowest BCUT2D eigenvalue weighted by molar-refractivity contribution is 0.999. The van der Waals surface area contributed by atoms with Crippen LogP contribution in [0.2, 0.25) is 0 Å². The van der Waals surface area contributed by atoms with Gasteiger partial charge in [0.2, 0.25) is 0 Å². The van der Waals surface area contributed by atoms with Crippen LogP contribution in [0.25, 0.3) is 39.2 Å². The van der Waals surface area contributed by atoms with Crippen molar-refractivity contribution < 1.29 is 0 Å². The Morgan fingerprint density at radius 3 is 2.30 bits per heavy atom. The minimum Gasteiger partial charge on any atom is -0.295 e. The van der Waals surface area contributed by atoms with Crippen molar-refractivity contribution in [3.63, 3.8) is 0 Å². The van der Waals surface area contributed by atoms with Gasteiger partial charge in [-0.15, -0.1) is 0 Å². The molecule has 0 N–H and O–H groups in total. The lowest BCUT2D eigenvalue weighted by atomic mass is 9.95. The van der Waals surface area contributed by atoms with Crippen LogP contribution in [-0.4, -0.2) is 19.5 Å². The van der Waals surface area contributed by atoms with Gasteiger partial charge in [-0.2, -0.15) is 0 Å². The van der Waals surface area contributed by atoms with Crippen LogP contribution in [0.15, 0.2) is 79.1 Å². The third-order valence-electron chi connectivity index (χ3n) is 5.52. The third kappa shape index (κ3) is 2.98. The molecule has 0 radical (unpaired) electrons. The molecule has 5 rings (SSSR count). The molecule has 0 saturated carbocycles. The van der Waals surface area contributed by atoms with E-state index in [4.69, 9.17) is 15.0 Å². The Morgan fingerprint density at radius 2 is 1.53 bits per heavy atom. The van der Waals surface area contributed by atoms with E-state index in [1.54, 1.807) is 0 Å². The second kappa shape index (κ2) is 7.23. The van der Waals surface area contributed by atoms with Gasteiger partial charge in [0, 0.05) is 23.0 Å². The number of imidazole rings is 1. The third-order valence-corrected chi connectivity index (χ3v) is 5.52. The molecule has 0 aliphatic carbocycles. The first-order chi connectivity index (χ1) is 14.6. The number of para-hydroxylation sites is 1. The lowest BCUT2D eigenvalue weighted by Gasteiger charge is -2.13. The molecule has 4 nitrogen and oxygen atoms in total. The predicted molar refractivity (Wildman–Crippen MR) is 122 cm³/mol. The topological polar surface area (TPSA) is 43.6 Å². The number of pyridine rings is 2. The van der Waals surface area contributed by atoms with E-state index in [-0.39, 0.29) is 0 Å². The molecule has 5 aromatic rings. The molecular formula is C26H22N4. The monoisotopic (exact) mass is 390 g/mol. The van der Waals surface area contributed by atoms with Crippen LogP contribution in [0, 0.1) is 20.8 Å². The van der Waals surface area contributed by atoms with Crippen molar-refractivity contribution in [2.24, 2.45) is 0 Å². The summed E-state index contributed by atoms with van der Waals surface area (Å²) in [4.78, 5) is 14.4. The molecule has 0 aliphatic heterocycles. The van der Waals surface area contributed by atoms with Crippen molar-refractivity contribution >= 4 is 11.0 Å². The maximum atomic E-state index is 4.82. The molecular weight excluding hydrogens is 368 g/mol. The van der Waals surface area contributed by atoms with Crippen LogP contribution < -0.4 is 0 Å². The van der Waals surface area contributed by atoms with Crippen molar-refractivity contribution in [2.75, 3.05) is 0 Å². The number of aromatic nitrogens is 4. The van der Waals surface area contributed by atoms with Crippen LogP contribution >= 0.6 is 0 Å². The molecule has 3 aromatic heterocycles. The zero-order valence-electron chi connectivity index (χ0n) is 17.3. The Kier molecular flexibility index (Phi) is 4.40. The highest BCUT2D eigenvalue weighted by atomic mass is 15.1. The second-order valence-corrected chi connectivity index (χ2v) is 7.55. The maximum Gasteiger partial charge on any atom is 0.111 e. The number of hydrogen-bond donors (Lipinski definition) is 0. The summed E-state index contributed by atoms with van der Waals surface area (Å²) in [6.07, 6.45) is 3.76. The largest absolute Gasteiger partial charge is 0.295 e. The molecule has 0 bridgehead atoms. The molecule has 0 atom stereocenters. The van der Waals surface area contributed by atoms with Crippen molar-refractivity contribution in [3.05, 3.63) is 96.1 Å². The van der Waals surface area contributed by atoms with E-state index in [0.29, 0.717) is 0 Å². The van der Waals surface area contributed by atoms with Gasteiger partial charge in [-0.05, 0) is 62.2 Å². The number of rotatable bonds is 3. The highest BCUT2D eigenvalue weighted by molar-refractivity contribution is 5.87. The SMILES string of the molecule is Cc1cccc(C)c1-c1ncccc1-c1cc2nc(C)n(-c3ccccc3)c2cn1. The molecule has 0 amide bonds. The molecule has 0 aliphatic rings. The molecule has 0 saturated heterocycles. The molecule has 3 heterocycles. The maximum absolute atomic E-state index is 4.82. The minimum atomic E-state index is 0.881. The number of aryl methyl sites for hydroxylation is 3. The molecule has 4 heteroatoms. The average molecular weight is 390 g/mol. The summed E-state index contributed by atoms with van der Waals surface area (Å²) in [5.74, 6) is 0.941. The fourth-order valence-electron chi connectivity index (χ4n) is 4.15. The Bertz CT molecular complexity index is 1350. The van der Waals surface area contributed by atoms with Crippen molar-refractivity contribution in [2.45, 2.75) is 20.8 Å². The van der Waals surface area contributed by atoms with Gasteiger partial charge in [-0.3, -0.25) is 14.5 Å². The van der Waals surface area contributed by atoms with E-state index in [1.165, 1.54) is 16.7 Å². The Balaban J connectivity index is 1.69. The summed E-state index contributed by atoms with van der Waals surface area (Å²) >= 11 is 0. The van der Waals surface area contributed by atoms with Crippen molar-refractivity contribution in [3.8, 4) is 28.2 Å².